The highest BCUT2D eigenvalue weighted by Gasteiger charge is 2.20. The van der Waals surface area contributed by atoms with Crippen molar-refractivity contribution >= 4 is 15.8 Å². The van der Waals surface area contributed by atoms with Gasteiger partial charge in [0.25, 0.3) is 10.0 Å². The molecule has 24 heavy (non-hydrogen) atoms. The molecule has 2 aromatic rings. The highest BCUT2D eigenvalue weighted by atomic mass is 32.2. The zero-order valence-electron chi connectivity index (χ0n) is 14.5. The van der Waals surface area contributed by atoms with E-state index in [4.69, 9.17) is 0 Å². The van der Waals surface area contributed by atoms with Crippen LogP contribution in [0.2, 0.25) is 0 Å². The summed E-state index contributed by atoms with van der Waals surface area (Å²) in [5.74, 6) is 1.09. The molecule has 1 saturated carbocycles. The molecule has 0 radical (unpaired) electrons. The van der Waals surface area contributed by atoms with E-state index in [2.05, 4.69) is 9.82 Å². The predicted molar refractivity (Wildman–Crippen MR) is 95.8 cm³/mol. The molecule has 1 fully saturated rings. The molecule has 1 aromatic carbocycles. The molecule has 3 rings (SSSR count). The van der Waals surface area contributed by atoms with Crippen molar-refractivity contribution in [3.05, 3.63) is 41.1 Å². The van der Waals surface area contributed by atoms with Crippen LogP contribution in [0.15, 0.2) is 29.2 Å². The lowest BCUT2D eigenvalue weighted by Crippen LogP contribution is -2.16. The summed E-state index contributed by atoms with van der Waals surface area (Å²) in [5.41, 5.74) is 2.92. The second-order valence-electron chi connectivity index (χ2n) is 6.69. The Kier molecular flexibility index (Phi) is 4.67. The summed E-state index contributed by atoms with van der Waals surface area (Å²) in [6, 6.07) is 7.35. The van der Waals surface area contributed by atoms with Crippen molar-refractivity contribution in [1.82, 2.24) is 9.78 Å². The summed E-state index contributed by atoms with van der Waals surface area (Å²) in [7, 11) is -1.86. The third-order valence-corrected chi connectivity index (χ3v) is 6.37. The van der Waals surface area contributed by atoms with Crippen LogP contribution in [0, 0.1) is 13.8 Å². The van der Waals surface area contributed by atoms with Gasteiger partial charge < -0.3 is 0 Å². The van der Waals surface area contributed by atoms with Crippen LogP contribution >= 0.6 is 0 Å². The van der Waals surface area contributed by atoms with Crippen LogP contribution in [0.5, 0.6) is 0 Å². The topological polar surface area (TPSA) is 64.0 Å². The smallest absolute Gasteiger partial charge is 0.263 e. The number of aromatic nitrogens is 2. The standard InChI is InChI=1S/C18H25N3O2S/c1-13-14(2)19-21(3)18(13)20-24(22,23)17-11-9-16(10-12-17)15-7-5-4-6-8-15/h9-12,15,20H,4-8H2,1-3H3. The first kappa shape index (κ1) is 17.0. The van der Waals surface area contributed by atoms with Gasteiger partial charge in [-0.15, -0.1) is 0 Å². The van der Waals surface area contributed by atoms with Crippen molar-refractivity contribution in [1.29, 1.82) is 0 Å². The van der Waals surface area contributed by atoms with E-state index in [1.165, 1.54) is 37.7 Å². The SMILES string of the molecule is Cc1nn(C)c(NS(=O)(=O)c2ccc(C3CCCCC3)cc2)c1C. The Labute approximate surface area is 144 Å². The molecular formula is C18H25N3O2S. The van der Waals surface area contributed by atoms with E-state index in [0.717, 1.165) is 11.3 Å². The van der Waals surface area contributed by atoms with Gasteiger partial charge in [-0.2, -0.15) is 5.10 Å². The lowest BCUT2D eigenvalue weighted by atomic mass is 9.84. The molecule has 130 valence electrons. The maximum atomic E-state index is 12.7. The molecule has 0 atom stereocenters. The first-order valence-electron chi connectivity index (χ1n) is 8.51. The van der Waals surface area contributed by atoms with Crippen LogP contribution < -0.4 is 4.72 Å². The Hall–Kier alpha value is -1.82. The predicted octanol–water partition coefficient (Wildman–Crippen LogP) is 3.89. The summed E-state index contributed by atoms with van der Waals surface area (Å²) in [6.45, 7) is 3.73. The van der Waals surface area contributed by atoms with Gasteiger partial charge in [-0.3, -0.25) is 9.40 Å². The Balaban J connectivity index is 1.82. The maximum absolute atomic E-state index is 12.7. The van der Waals surface area contributed by atoms with Gasteiger partial charge in [0.1, 0.15) is 5.82 Å². The fraction of sp³-hybridized carbons (Fsp3) is 0.500. The molecule has 0 spiro atoms. The van der Waals surface area contributed by atoms with Crippen LogP contribution in [0.25, 0.3) is 0 Å². The van der Waals surface area contributed by atoms with E-state index >= 15 is 0 Å². The van der Waals surface area contributed by atoms with E-state index in [-0.39, 0.29) is 0 Å². The van der Waals surface area contributed by atoms with Gasteiger partial charge >= 0.3 is 0 Å². The molecule has 1 N–H and O–H groups in total. The summed E-state index contributed by atoms with van der Waals surface area (Å²) >= 11 is 0. The zero-order valence-corrected chi connectivity index (χ0v) is 15.4. The van der Waals surface area contributed by atoms with Gasteiger partial charge in [0.2, 0.25) is 0 Å². The van der Waals surface area contributed by atoms with E-state index in [0.29, 0.717) is 16.6 Å². The van der Waals surface area contributed by atoms with Crippen molar-refractivity contribution in [2.75, 3.05) is 4.72 Å². The summed E-state index contributed by atoms with van der Waals surface area (Å²) < 4.78 is 29.5. The maximum Gasteiger partial charge on any atom is 0.263 e. The molecule has 0 aliphatic heterocycles. The van der Waals surface area contributed by atoms with Crippen molar-refractivity contribution in [2.45, 2.75) is 56.8 Å². The minimum absolute atomic E-state index is 0.292. The molecule has 0 unspecified atom stereocenters. The van der Waals surface area contributed by atoms with Crippen LogP contribution in [-0.2, 0) is 17.1 Å². The Bertz CT molecular complexity index is 817. The Morgan fingerprint density at radius 1 is 1.08 bits per heavy atom. The van der Waals surface area contributed by atoms with Crippen LogP contribution in [0.3, 0.4) is 0 Å². The van der Waals surface area contributed by atoms with Crippen LogP contribution in [-0.4, -0.2) is 18.2 Å². The monoisotopic (exact) mass is 347 g/mol. The van der Waals surface area contributed by atoms with Gasteiger partial charge in [0, 0.05) is 12.6 Å². The first-order valence-corrected chi connectivity index (χ1v) is 10.00. The minimum Gasteiger partial charge on any atom is -0.263 e. The lowest BCUT2D eigenvalue weighted by molar-refractivity contribution is 0.443. The number of hydrogen-bond acceptors (Lipinski definition) is 3. The van der Waals surface area contributed by atoms with E-state index in [1.807, 2.05) is 26.0 Å². The average molecular weight is 347 g/mol. The first-order chi connectivity index (χ1) is 11.4. The molecule has 1 aliphatic rings. The van der Waals surface area contributed by atoms with Crippen LogP contribution in [0.1, 0.15) is 54.8 Å². The van der Waals surface area contributed by atoms with Crippen LogP contribution in [0.4, 0.5) is 5.82 Å². The number of hydrogen-bond donors (Lipinski definition) is 1. The highest BCUT2D eigenvalue weighted by molar-refractivity contribution is 7.92. The molecule has 1 aromatic heterocycles. The lowest BCUT2D eigenvalue weighted by Gasteiger charge is -2.22. The third kappa shape index (κ3) is 3.34. The number of rotatable bonds is 4. The quantitative estimate of drug-likeness (QED) is 0.913. The van der Waals surface area contributed by atoms with Gasteiger partial charge in [-0.05, 0) is 50.3 Å². The number of nitrogens with zero attached hydrogens (tertiary/aromatic N) is 2. The molecule has 0 bridgehead atoms. The summed E-state index contributed by atoms with van der Waals surface area (Å²) in [5, 5.41) is 4.25. The van der Waals surface area contributed by atoms with Crippen molar-refractivity contribution < 1.29 is 8.42 Å². The molecule has 6 heteroatoms. The molecule has 5 nitrogen and oxygen atoms in total. The van der Waals surface area contributed by atoms with Crippen molar-refractivity contribution in [3.8, 4) is 0 Å². The number of sulfonamides is 1. The summed E-state index contributed by atoms with van der Waals surface area (Å²) in [6.07, 6.45) is 6.27. The van der Waals surface area contributed by atoms with Crippen molar-refractivity contribution in [3.63, 3.8) is 0 Å². The molecule has 1 aliphatic carbocycles. The normalized spacial score (nSPS) is 16.3. The third-order valence-electron chi connectivity index (χ3n) is 5.02. The Morgan fingerprint density at radius 3 is 2.25 bits per heavy atom. The van der Waals surface area contributed by atoms with E-state index in [9.17, 15) is 8.42 Å². The highest BCUT2D eigenvalue weighted by Crippen LogP contribution is 2.33. The second kappa shape index (κ2) is 6.59. The second-order valence-corrected chi connectivity index (χ2v) is 8.37. The number of nitrogens with one attached hydrogen (secondary N) is 1. The largest absolute Gasteiger partial charge is 0.263 e. The fourth-order valence-corrected chi connectivity index (χ4v) is 4.60. The van der Waals surface area contributed by atoms with Gasteiger partial charge in [-0.1, -0.05) is 31.4 Å². The summed E-state index contributed by atoms with van der Waals surface area (Å²) in [4.78, 5) is 0.292. The molecular weight excluding hydrogens is 322 g/mol. The van der Waals surface area contributed by atoms with E-state index < -0.39 is 10.0 Å². The number of anilines is 1. The van der Waals surface area contributed by atoms with Gasteiger partial charge in [0.15, 0.2) is 0 Å². The van der Waals surface area contributed by atoms with Gasteiger partial charge in [0.05, 0.1) is 10.6 Å². The molecule has 0 amide bonds. The van der Waals surface area contributed by atoms with E-state index in [1.54, 1.807) is 23.9 Å². The zero-order chi connectivity index (χ0) is 17.3. The van der Waals surface area contributed by atoms with Crippen molar-refractivity contribution in [2.24, 2.45) is 7.05 Å². The number of aryl methyl sites for hydroxylation is 2. The molecule has 0 saturated heterocycles. The van der Waals surface area contributed by atoms with Gasteiger partial charge in [-0.25, -0.2) is 8.42 Å². The Morgan fingerprint density at radius 2 is 1.71 bits per heavy atom. The number of benzene rings is 1. The average Bonchev–Trinajstić information content (AvgIpc) is 2.82. The molecule has 1 heterocycles. The fourth-order valence-electron chi connectivity index (χ4n) is 3.45. The minimum atomic E-state index is -3.60.